The first-order valence-electron chi connectivity index (χ1n) is 10.6. The third-order valence-corrected chi connectivity index (χ3v) is 5.81. The first kappa shape index (κ1) is 20.1. The van der Waals surface area contributed by atoms with Gasteiger partial charge in [-0.3, -0.25) is 14.7 Å². The number of nitrogens with zero attached hydrogens (tertiary/aromatic N) is 4. The molecule has 0 saturated carbocycles. The second kappa shape index (κ2) is 8.69. The number of hydrogen-bond acceptors (Lipinski definition) is 5. The van der Waals surface area contributed by atoms with Crippen molar-refractivity contribution in [3.8, 4) is 0 Å². The number of carbonyl (C=O) groups is 1. The Hall–Kier alpha value is -3.16. The summed E-state index contributed by atoms with van der Waals surface area (Å²) in [5.41, 5.74) is 2.10. The highest BCUT2D eigenvalue weighted by Crippen LogP contribution is 2.18. The van der Waals surface area contributed by atoms with Crippen LogP contribution in [0.2, 0.25) is 0 Å². The minimum atomic E-state index is -0.197. The molecule has 1 aromatic carbocycles. The number of piperidine rings is 1. The van der Waals surface area contributed by atoms with Crippen molar-refractivity contribution in [3.63, 3.8) is 0 Å². The number of carbonyl (C=O) groups excluding carboxylic acids is 1. The van der Waals surface area contributed by atoms with Crippen LogP contribution in [-0.2, 0) is 17.8 Å². The highest BCUT2D eigenvalue weighted by atomic mass is 16.2. The monoisotopic (exact) mass is 408 g/mol. The van der Waals surface area contributed by atoms with Crippen molar-refractivity contribution in [1.29, 1.82) is 0 Å². The highest BCUT2D eigenvalue weighted by Gasteiger charge is 2.23. The zero-order valence-electron chi connectivity index (χ0n) is 17.5. The van der Waals surface area contributed by atoms with Crippen LogP contribution in [0.4, 0.5) is 5.95 Å². The van der Waals surface area contributed by atoms with Gasteiger partial charge in [0.1, 0.15) is 0 Å². The van der Waals surface area contributed by atoms with Gasteiger partial charge in [0.05, 0.1) is 5.69 Å². The van der Waals surface area contributed by atoms with E-state index in [4.69, 9.17) is 0 Å². The number of H-pyrrole nitrogens is 1. The lowest BCUT2D eigenvalue weighted by Crippen LogP contribution is -2.42. The number of benzene rings is 1. The standard InChI is InChI=1S/C22H28N6O2/c1-15-8-6-7-13-27(15)19(29)12-11-18-16(2)24-22-25-21(26-28(22)20(18)30)23-14-17-9-4-3-5-10-17/h3-5,9-10,15H,6-8,11-14H2,1-2H3,(H2,23,24,25,26). The second-order valence-corrected chi connectivity index (χ2v) is 7.96. The highest BCUT2D eigenvalue weighted by molar-refractivity contribution is 5.76. The first-order chi connectivity index (χ1) is 14.5. The molecule has 0 bridgehead atoms. The van der Waals surface area contributed by atoms with E-state index in [1.54, 1.807) is 6.92 Å². The van der Waals surface area contributed by atoms with Gasteiger partial charge in [-0.15, -0.1) is 0 Å². The van der Waals surface area contributed by atoms with E-state index in [1.807, 2.05) is 35.2 Å². The van der Waals surface area contributed by atoms with Gasteiger partial charge in [0, 0.05) is 31.1 Å². The van der Waals surface area contributed by atoms with Crippen molar-refractivity contribution < 1.29 is 4.79 Å². The molecule has 158 valence electrons. The molecule has 1 saturated heterocycles. The number of amides is 1. The molecule has 0 spiro atoms. The zero-order valence-corrected chi connectivity index (χ0v) is 17.5. The van der Waals surface area contributed by atoms with Crippen LogP contribution in [0.25, 0.3) is 5.78 Å². The Morgan fingerprint density at radius 1 is 1.23 bits per heavy atom. The summed E-state index contributed by atoms with van der Waals surface area (Å²) in [5.74, 6) is 0.923. The molecule has 8 heteroatoms. The Balaban J connectivity index is 1.48. The van der Waals surface area contributed by atoms with Gasteiger partial charge in [0.25, 0.3) is 11.3 Å². The summed E-state index contributed by atoms with van der Waals surface area (Å²) in [4.78, 5) is 36.4. The van der Waals surface area contributed by atoms with E-state index >= 15 is 0 Å². The Kier molecular flexibility index (Phi) is 5.83. The lowest BCUT2D eigenvalue weighted by Gasteiger charge is -2.33. The van der Waals surface area contributed by atoms with E-state index in [2.05, 4.69) is 27.3 Å². The van der Waals surface area contributed by atoms with Gasteiger partial charge in [-0.1, -0.05) is 30.3 Å². The van der Waals surface area contributed by atoms with Gasteiger partial charge in [0.2, 0.25) is 11.9 Å². The van der Waals surface area contributed by atoms with Gasteiger partial charge >= 0.3 is 0 Å². The normalized spacial score (nSPS) is 16.7. The summed E-state index contributed by atoms with van der Waals surface area (Å²) in [6, 6.07) is 10.2. The van der Waals surface area contributed by atoms with Crippen LogP contribution in [0.1, 0.15) is 49.4 Å². The van der Waals surface area contributed by atoms with Crippen LogP contribution in [0, 0.1) is 6.92 Å². The molecule has 1 atom stereocenters. The van der Waals surface area contributed by atoms with E-state index in [1.165, 1.54) is 10.9 Å². The van der Waals surface area contributed by atoms with Crippen molar-refractivity contribution in [1.82, 2.24) is 24.5 Å². The largest absolute Gasteiger partial charge is 0.351 e. The third-order valence-electron chi connectivity index (χ3n) is 5.81. The molecule has 8 nitrogen and oxygen atoms in total. The molecule has 4 rings (SSSR count). The minimum absolute atomic E-state index is 0.112. The predicted molar refractivity (Wildman–Crippen MR) is 115 cm³/mol. The molecule has 2 N–H and O–H groups in total. The molecule has 1 amide bonds. The summed E-state index contributed by atoms with van der Waals surface area (Å²) in [5, 5.41) is 6.17. The molecule has 1 aliphatic rings. The smallest absolute Gasteiger partial charge is 0.277 e. The molecular formula is C22H28N6O2. The lowest BCUT2D eigenvalue weighted by atomic mass is 10.0. The van der Waals surface area contributed by atoms with Crippen molar-refractivity contribution >= 4 is 17.6 Å². The maximum absolute atomic E-state index is 13.0. The molecule has 2 aromatic heterocycles. The van der Waals surface area contributed by atoms with Gasteiger partial charge in [-0.25, -0.2) is 4.98 Å². The Labute approximate surface area is 175 Å². The number of anilines is 1. The van der Waals surface area contributed by atoms with E-state index < -0.39 is 0 Å². The number of nitrogens with one attached hydrogen (secondary N) is 2. The molecule has 1 unspecified atom stereocenters. The van der Waals surface area contributed by atoms with Gasteiger partial charge in [0.15, 0.2) is 0 Å². The van der Waals surface area contributed by atoms with Gasteiger partial charge in [-0.05, 0) is 45.1 Å². The molecule has 0 aliphatic carbocycles. The van der Waals surface area contributed by atoms with Crippen LogP contribution in [0.5, 0.6) is 0 Å². The van der Waals surface area contributed by atoms with E-state index in [-0.39, 0.29) is 17.5 Å². The summed E-state index contributed by atoms with van der Waals surface area (Å²) in [6.45, 7) is 5.30. The average molecular weight is 409 g/mol. The first-order valence-corrected chi connectivity index (χ1v) is 10.6. The fourth-order valence-electron chi connectivity index (χ4n) is 4.05. The Bertz CT molecular complexity index is 1090. The molecule has 0 radical (unpaired) electrons. The fraction of sp³-hybridized carbons (Fsp3) is 0.455. The molecule has 30 heavy (non-hydrogen) atoms. The quantitative estimate of drug-likeness (QED) is 0.654. The lowest BCUT2D eigenvalue weighted by molar-refractivity contribution is -0.134. The van der Waals surface area contributed by atoms with Gasteiger partial charge < -0.3 is 10.2 Å². The molecule has 3 aromatic rings. The van der Waals surface area contributed by atoms with Gasteiger partial charge in [-0.2, -0.15) is 9.50 Å². The SMILES string of the molecule is Cc1nc2nc(NCc3ccccc3)[nH]n2c(=O)c1CCC(=O)N1CCCCC1C. The van der Waals surface area contributed by atoms with Crippen molar-refractivity contribution in [2.75, 3.05) is 11.9 Å². The average Bonchev–Trinajstić information content (AvgIpc) is 3.16. The Morgan fingerprint density at radius 2 is 2.03 bits per heavy atom. The van der Waals surface area contributed by atoms with Crippen molar-refractivity contribution in [3.05, 3.63) is 57.5 Å². The van der Waals surface area contributed by atoms with E-state index in [9.17, 15) is 9.59 Å². The summed E-state index contributed by atoms with van der Waals surface area (Å²) < 4.78 is 1.35. The Morgan fingerprint density at radius 3 is 2.80 bits per heavy atom. The van der Waals surface area contributed by atoms with Crippen LogP contribution in [-0.4, -0.2) is 43.0 Å². The van der Waals surface area contributed by atoms with E-state index in [0.29, 0.717) is 42.4 Å². The number of aromatic nitrogens is 4. The summed E-state index contributed by atoms with van der Waals surface area (Å²) >= 11 is 0. The number of hydrogen-bond donors (Lipinski definition) is 2. The number of rotatable bonds is 6. The maximum atomic E-state index is 13.0. The third kappa shape index (κ3) is 4.22. The molecule has 1 aliphatic heterocycles. The van der Waals surface area contributed by atoms with Crippen molar-refractivity contribution in [2.45, 2.75) is 58.5 Å². The fourth-order valence-corrected chi connectivity index (χ4v) is 4.05. The number of fused-ring (bicyclic) bond motifs is 1. The topological polar surface area (TPSA) is 95.4 Å². The summed E-state index contributed by atoms with van der Waals surface area (Å²) in [7, 11) is 0. The van der Waals surface area contributed by atoms with Crippen LogP contribution < -0.4 is 10.9 Å². The minimum Gasteiger partial charge on any atom is -0.351 e. The molecule has 1 fully saturated rings. The number of aryl methyl sites for hydroxylation is 1. The number of likely N-dealkylation sites (tertiary alicyclic amines) is 1. The molecule has 3 heterocycles. The van der Waals surface area contributed by atoms with E-state index in [0.717, 1.165) is 24.9 Å². The maximum Gasteiger partial charge on any atom is 0.277 e. The zero-order chi connectivity index (χ0) is 21.1. The van der Waals surface area contributed by atoms with Crippen LogP contribution in [0.3, 0.4) is 0 Å². The van der Waals surface area contributed by atoms with Crippen LogP contribution in [0.15, 0.2) is 35.1 Å². The summed E-state index contributed by atoms with van der Waals surface area (Å²) in [6.07, 6.45) is 3.98. The molecular weight excluding hydrogens is 380 g/mol. The van der Waals surface area contributed by atoms with Crippen molar-refractivity contribution in [2.24, 2.45) is 0 Å². The second-order valence-electron chi connectivity index (χ2n) is 7.96. The van der Waals surface area contributed by atoms with Crippen LogP contribution >= 0.6 is 0 Å². The number of aromatic amines is 1. The predicted octanol–water partition coefficient (Wildman–Crippen LogP) is 2.67.